The zero-order valence-electron chi connectivity index (χ0n) is 17.1. The van der Waals surface area contributed by atoms with Gasteiger partial charge in [0.2, 0.25) is 5.91 Å². The van der Waals surface area contributed by atoms with E-state index in [1.807, 2.05) is 53.4 Å². The van der Waals surface area contributed by atoms with Crippen molar-refractivity contribution in [3.05, 3.63) is 88.7 Å². The second-order valence-electron chi connectivity index (χ2n) is 7.63. The van der Waals surface area contributed by atoms with Crippen molar-refractivity contribution in [3.63, 3.8) is 0 Å². The summed E-state index contributed by atoms with van der Waals surface area (Å²) in [5, 5.41) is 4.48. The highest BCUT2D eigenvalue weighted by Crippen LogP contribution is 2.17. The van der Waals surface area contributed by atoms with E-state index in [2.05, 4.69) is 22.1 Å². The molecule has 1 saturated heterocycles. The Morgan fingerprint density at radius 1 is 0.900 bits per heavy atom. The van der Waals surface area contributed by atoms with Crippen LogP contribution in [0.1, 0.15) is 18.5 Å². The van der Waals surface area contributed by atoms with Gasteiger partial charge in [-0.25, -0.2) is 4.68 Å². The molecule has 1 fully saturated rings. The van der Waals surface area contributed by atoms with Gasteiger partial charge in [-0.1, -0.05) is 60.7 Å². The standard InChI is InChI=1S/C24H26N4O2/c1-19(28-23(29)13-12-22(25-28)21-10-6-3-7-11-21)24(30)27-16-14-26(15-17-27)18-20-8-4-2-5-9-20/h2-13,19H,14-18H2,1H3. The second kappa shape index (κ2) is 9.05. The van der Waals surface area contributed by atoms with Crippen molar-refractivity contribution in [2.45, 2.75) is 19.5 Å². The fourth-order valence-corrected chi connectivity index (χ4v) is 3.80. The van der Waals surface area contributed by atoms with Gasteiger partial charge in [-0.3, -0.25) is 14.5 Å². The van der Waals surface area contributed by atoms with E-state index in [9.17, 15) is 9.59 Å². The second-order valence-corrected chi connectivity index (χ2v) is 7.63. The molecular formula is C24H26N4O2. The molecule has 0 spiro atoms. The number of hydrogen-bond acceptors (Lipinski definition) is 4. The average Bonchev–Trinajstić information content (AvgIpc) is 2.80. The number of benzene rings is 2. The molecule has 6 nitrogen and oxygen atoms in total. The van der Waals surface area contributed by atoms with Crippen LogP contribution < -0.4 is 5.56 Å². The highest BCUT2D eigenvalue weighted by Gasteiger charge is 2.27. The molecular weight excluding hydrogens is 376 g/mol. The number of rotatable bonds is 5. The van der Waals surface area contributed by atoms with Gasteiger partial charge in [0.1, 0.15) is 6.04 Å². The van der Waals surface area contributed by atoms with Crippen LogP contribution in [0.3, 0.4) is 0 Å². The van der Waals surface area contributed by atoms with Gasteiger partial charge in [0, 0.05) is 44.4 Å². The first-order valence-electron chi connectivity index (χ1n) is 10.3. The molecule has 1 atom stereocenters. The molecule has 6 heteroatoms. The lowest BCUT2D eigenvalue weighted by atomic mass is 10.1. The molecule has 1 aromatic heterocycles. The summed E-state index contributed by atoms with van der Waals surface area (Å²) in [5.41, 5.74) is 2.61. The minimum absolute atomic E-state index is 0.0610. The van der Waals surface area contributed by atoms with Crippen LogP contribution in [0.5, 0.6) is 0 Å². The summed E-state index contributed by atoms with van der Waals surface area (Å²) in [5.74, 6) is -0.0610. The Morgan fingerprint density at radius 3 is 2.20 bits per heavy atom. The maximum atomic E-state index is 13.1. The molecule has 0 N–H and O–H groups in total. The van der Waals surface area contributed by atoms with Crippen molar-refractivity contribution in [2.24, 2.45) is 0 Å². The summed E-state index contributed by atoms with van der Waals surface area (Å²) in [4.78, 5) is 29.7. The van der Waals surface area contributed by atoms with Gasteiger partial charge in [0.15, 0.2) is 0 Å². The van der Waals surface area contributed by atoms with Crippen LogP contribution in [0.15, 0.2) is 77.6 Å². The van der Waals surface area contributed by atoms with Gasteiger partial charge in [-0.15, -0.1) is 0 Å². The van der Waals surface area contributed by atoms with Crippen molar-refractivity contribution in [2.75, 3.05) is 26.2 Å². The van der Waals surface area contributed by atoms with E-state index < -0.39 is 6.04 Å². The first kappa shape index (κ1) is 20.0. The zero-order chi connectivity index (χ0) is 20.9. The number of hydrogen-bond donors (Lipinski definition) is 0. The van der Waals surface area contributed by atoms with Crippen molar-refractivity contribution in [3.8, 4) is 11.3 Å². The average molecular weight is 402 g/mol. The van der Waals surface area contributed by atoms with Gasteiger partial charge in [-0.2, -0.15) is 5.10 Å². The summed E-state index contributed by atoms with van der Waals surface area (Å²) in [6.45, 7) is 5.59. The topological polar surface area (TPSA) is 58.4 Å². The molecule has 0 aliphatic carbocycles. The van der Waals surface area contributed by atoms with Crippen molar-refractivity contribution >= 4 is 5.91 Å². The Bertz CT molecular complexity index is 1040. The molecule has 2 heterocycles. The highest BCUT2D eigenvalue weighted by molar-refractivity contribution is 5.80. The minimum atomic E-state index is -0.637. The number of nitrogens with zero attached hydrogens (tertiary/aromatic N) is 4. The molecule has 154 valence electrons. The van der Waals surface area contributed by atoms with E-state index in [0.29, 0.717) is 18.8 Å². The summed E-state index contributed by atoms with van der Waals surface area (Å²) >= 11 is 0. The fraction of sp³-hybridized carbons (Fsp3) is 0.292. The Morgan fingerprint density at radius 2 is 1.53 bits per heavy atom. The molecule has 0 saturated carbocycles. The Labute approximate surface area is 176 Å². The van der Waals surface area contributed by atoms with Crippen molar-refractivity contribution < 1.29 is 4.79 Å². The molecule has 1 aliphatic heterocycles. The SMILES string of the molecule is CC(C(=O)N1CCN(Cc2ccccc2)CC1)n1nc(-c2ccccc2)ccc1=O. The Balaban J connectivity index is 1.42. The molecule has 4 rings (SSSR count). The molecule has 1 amide bonds. The largest absolute Gasteiger partial charge is 0.338 e. The normalized spacial score (nSPS) is 15.7. The first-order valence-corrected chi connectivity index (χ1v) is 10.3. The van der Waals surface area contributed by atoms with E-state index in [0.717, 1.165) is 25.2 Å². The van der Waals surface area contributed by atoms with E-state index in [-0.39, 0.29) is 11.5 Å². The lowest BCUT2D eigenvalue weighted by Gasteiger charge is -2.36. The van der Waals surface area contributed by atoms with Crippen LogP contribution in [-0.2, 0) is 11.3 Å². The summed E-state index contributed by atoms with van der Waals surface area (Å²) in [6, 6.07) is 22.6. The third kappa shape index (κ3) is 4.49. The molecule has 2 aromatic carbocycles. The molecule has 30 heavy (non-hydrogen) atoms. The van der Waals surface area contributed by atoms with Crippen LogP contribution in [0.4, 0.5) is 0 Å². The van der Waals surface area contributed by atoms with E-state index >= 15 is 0 Å². The maximum absolute atomic E-state index is 13.1. The molecule has 3 aromatic rings. The quantitative estimate of drug-likeness (QED) is 0.659. The number of carbonyl (C=O) groups excluding carboxylic acids is 1. The van der Waals surface area contributed by atoms with Gasteiger partial charge in [0.05, 0.1) is 5.69 Å². The number of carbonyl (C=O) groups is 1. The zero-order valence-corrected chi connectivity index (χ0v) is 17.1. The van der Waals surface area contributed by atoms with Crippen LogP contribution in [0.25, 0.3) is 11.3 Å². The Hall–Kier alpha value is -3.25. The van der Waals surface area contributed by atoms with Gasteiger partial charge in [-0.05, 0) is 18.6 Å². The van der Waals surface area contributed by atoms with Crippen molar-refractivity contribution in [1.29, 1.82) is 0 Å². The summed E-state index contributed by atoms with van der Waals surface area (Å²) in [6.07, 6.45) is 0. The number of aromatic nitrogens is 2. The van der Waals surface area contributed by atoms with E-state index in [1.165, 1.54) is 16.3 Å². The third-order valence-corrected chi connectivity index (χ3v) is 5.55. The Kier molecular flexibility index (Phi) is 6.05. The van der Waals surface area contributed by atoms with Gasteiger partial charge < -0.3 is 4.90 Å². The third-order valence-electron chi connectivity index (χ3n) is 5.55. The molecule has 0 bridgehead atoms. The van der Waals surface area contributed by atoms with Crippen LogP contribution in [-0.4, -0.2) is 51.7 Å². The lowest BCUT2D eigenvalue weighted by molar-refractivity contribution is -0.136. The predicted octanol–water partition coefficient (Wildman–Crippen LogP) is 2.82. The first-order chi connectivity index (χ1) is 14.6. The fourth-order valence-electron chi connectivity index (χ4n) is 3.80. The van der Waals surface area contributed by atoms with Crippen LogP contribution >= 0.6 is 0 Å². The molecule has 1 unspecified atom stereocenters. The number of piperazine rings is 1. The molecule has 0 radical (unpaired) electrons. The highest BCUT2D eigenvalue weighted by atomic mass is 16.2. The predicted molar refractivity (Wildman–Crippen MR) is 117 cm³/mol. The van der Waals surface area contributed by atoms with Crippen LogP contribution in [0, 0.1) is 0 Å². The minimum Gasteiger partial charge on any atom is -0.338 e. The van der Waals surface area contributed by atoms with E-state index in [1.54, 1.807) is 13.0 Å². The summed E-state index contributed by atoms with van der Waals surface area (Å²) in [7, 11) is 0. The number of amides is 1. The van der Waals surface area contributed by atoms with Crippen LogP contribution in [0.2, 0.25) is 0 Å². The van der Waals surface area contributed by atoms with Gasteiger partial charge in [0.25, 0.3) is 5.56 Å². The van der Waals surface area contributed by atoms with E-state index in [4.69, 9.17) is 0 Å². The molecule has 1 aliphatic rings. The van der Waals surface area contributed by atoms with Gasteiger partial charge >= 0.3 is 0 Å². The maximum Gasteiger partial charge on any atom is 0.267 e. The van der Waals surface area contributed by atoms with Crippen molar-refractivity contribution in [1.82, 2.24) is 19.6 Å². The smallest absolute Gasteiger partial charge is 0.267 e. The monoisotopic (exact) mass is 402 g/mol. The summed E-state index contributed by atoms with van der Waals surface area (Å²) < 4.78 is 1.31. The lowest BCUT2D eigenvalue weighted by Crippen LogP contribution is -2.50.